The molecule has 0 saturated heterocycles. The third-order valence-electron chi connectivity index (χ3n) is 1.71. The van der Waals surface area contributed by atoms with Crippen LogP contribution in [-0.4, -0.2) is 19.8 Å². The van der Waals surface area contributed by atoms with Gasteiger partial charge in [-0.05, 0) is 13.0 Å². The van der Waals surface area contributed by atoms with Crippen LogP contribution < -0.4 is 4.74 Å². The van der Waals surface area contributed by atoms with Crippen molar-refractivity contribution in [2.75, 3.05) is 0 Å². The topological polar surface area (TPSA) is 80.0 Å². The second-order valence-electron chi connectivity index (χ2n) is 3.02. The van der Waals surface area contributed by atoms with E-state index in [4.69, 9.17) is 15.9 Å². The Hall–Kier alpha value is -1.53. The van der Waals surface area contributed by atoms with Crippen LogP contribution in [0.15, 0.2) is 11.1 Å². The zero-order valence-electron chi connectivity index (χ0n) is 8.62. The van der Waals surface area contributed by atoms with E-state index in [1.807, 2.05) is 0 Å². The molecule has 1 aromatic rings. The van der Waals surface area contributed by atoms with E-state index in [1.165, 1.54) is 6.07 Å². The quantitative estimate of drug-likeness (QED) is 0.781. The zero-order valence-corrected chi connectivity index (χ0v) is 10.2. The number of hydrogen-bond donors (Lipinski definition) is 0. The van der Waals surface area contributed by atoms with Gasteiger partial charge in [0.05, 0.1) is 11.3 Å². The lowest BCUT2D eigenvalue weighted by molar-refractivity contribution is -0.275. The van der Waals surface area contributed by atoms with Crippen LogP contribution in [0.5, 0.6) is 5.75 Å². The summed E-state index contributed by atoms with van der Waals surface area (Å²) in [5.74, 6) is -0.853. The number of rotatable bonds is 2. The van der Waals surface area contributed by atoms with Gasteiger partial charge in [-0.1, -0.05) is 0 Å². The van der Waals surface area contributed by atoms with Gasteiger partial charge in [-0.3, -0.25) is 0 Å². The minimum Gasteiger partial charge on any atom is -0.402 e. The van der Waals surface area contributed by atoms with E-state index in [-0.39, 0.29) is 0 Å². The molecule has 18 heavy (non-hydrogen) atoms. The molecule has 5 nitrogen and oxygen atoms in total. The highest BCUT2D eigenvalue weighted by Crippen LogP contribution is 2.30. The monoisotopic (exact) mass is 300 g/mol. The van der Waals surface area contributed by atoms with Crippen molar-refractivity contribution in [2.45, 2.75) is 18.3 Å². The average molecular weight is 301 g/mol. The number of aryl methyl sites for hydroxylation is 1. The highest BCUT2D eigenvalue weighted by Gasteiger charge is 2.34. The van der Waals surface area contributed by atoms with Gasteiger partial charge in [-0.15, -0.1) is 13.2 Å². The molecule has 0 aromatic carbocycles. The molecule has 98 valence electrons. The third-order valence-corrected chi connectivity index (χ3v) is 2.89. The number of hydrogen-bond acceptors (Lipinski definition) is 5. The summed E-state index contributed by atoms with van der Waals surface area (Å²) in [6.07, 6.45) is -5.01. The first-order valence-electron chi connectivity index (χ1n) is 4.17. The van der Waals surface area contributed by atoms with E-state index in [0.29, 0.717) is 6.07 Å². The van der Waals surface area contributed by atoms with Crippen molar-refractivity contribution in [3.8, 4) is 11.8 Å². The van der Waals surface area contributed by atoms with Gasteiger partial charge in [0.15, 0.2) is 10.8 Å². The van der Waals surface area contributed by atoms with Gasteiger partial charge >= 0.3 is 6.36 Å². The molecule has 0 N–H and O–H groups in total. The van der Waals surface area contributed by atoms with E-state index >= 15 is 0 Å². The maximum atomic E-state index is 12.1. The predicted molar refractivity (Wildman–Crippen MR) is 53.4 cm³/mol. The molecular formula is C8H4ClF3N2O3S. The molecule has 0 aliphatic heterocycles. The van der Waals surface area contributed by atoms with Gasteiger partial charge in [0, 0.05) is 10.7 Å². The van der Waals surface area contributed by atoms with Crippen LogP contribution in [0.4, 0.5) is 13.2 Å². The van der Waals surface area contributed by atoms with Crippen LogP contribution >= 0.6 is 10.7 Å². The normalized spacial score (nSPS) is 12.0. The Morgan fingerprint density at radius 3 is 2.44 bits per heavy atom. The smallest absolute Gasteiger partial charge is 0.402 e. The summed E-state index contributed by atoms with van der Waals surface area (Å²) in [7, 11) is 0.737. The Labute approximate surface area is 104 Å². The minimum atomic E-state index is -5.01. The molecule has 0 atom stereocenters. The SMILES string of the molecule is Cc1nc(S(=O)(=O)Cl)cc(C#N)c1OC(F)(F)F. The van der Waals surface area contributed by atoms with Crippen molar-refractivity contribution in [3.05, 3.63) is 17.3 Å². The second-order valence-corrected chi connectivity index (χ2v) is 5.53. The standard InChI is InChI=1S/C8H4ClF3N2O3S/c1-4-7(17-8(10,11)12)5(3-13)2-6(14-4)18(9,15)16/h2H,1H3. The fraction of sp³-hybridized carbons (Fsp3) is 0.250. The first kappa shape index (κ1) is 14.5. The minimum absolute atomic E-state index is 0.411. The van der Waals surface area contributed by atoms with Crippen LogP contribution in [0.3, 0.4) is 0 Å². The largest absolute Gasteiger partial charge is 0.573 e. The Morgan fingerprint density at radius 2 is 2.06 bits per heavy atom. The van der Waals surface area contributed by atoms with E-state index < -0.39 is 37.4 Å². The molecule has 0 radical (unpaired) electrons. The molecule has 1 heterocycles. The van der Waals surface area contributed by atoms with Crippen LogP contribution in [0, 0.1) is 18.3 Å². The molecular weight excluding hydrogens is 297 g/mol. The number of nitrogens with zero attached hydrogens (tertiary/aromatic N) is 2. The summed E-state index contributed by atoms with van der Waals surface area (Å²) < 4.78 is 61.8. The van der Waals surface area contributed by atoms with Crippen LogP contribution in [0.1, 0.15) is 11.3 Å². The van der Waals surface area contributed by atoms with Crippen molar-refractivity contribution in [2.24, 2.45) is 0 Å². The molecule has 0 spiro atoms. The zero-order chi connectivity index (χ0) is 14.1. The van der Waals surface area contributed by atoms with Crippen LogP contribution in [-0.2, 0) is 9.05 Å². The van der Waals surface area contributed by atoms with Gasteiger partial charge in [-0.2, -0.15) is 5.26 Å². The summed E-state index contributed by atoms with van der Waals surface area (Å²) in [5.41, 5.74) is -1.04. The number of aromatic nitrogens is 1. The highest BCUT2D eigenvalue weighted by atomic mass is 35.7. The van der Waals surface area contributed by atoms with E-state index in [1.54, 1.807) is 0 Å². The van der Waals surface area contributed by atoms with Crippen molar-refractivity contribution in [1.82, 2.24) is 4.98 Å². The van der Waals surface area contributed by atoms with E-state index in [0.717, 1.165) is 6.92 Å². The maximum Gasteiger partial charge on any atom is 0.573 e. The first-order chi connectivity index (χ1) is 8.04. The lowest BCUT2D eigenvalue weighted by Crippen LogP contribution is -2.19. The number of alkyl halides is 3. The van der Waals surface area contributed by atoms with Gasteiger partial charge < -0.3 is 4.74 Å². The van der Waals surface area contributed by atoms with Crippen molar-refractivity contribution < 1.29 is 26.3 Å². The summed E-state index contributed by atoms with van der Waals surface area (Å²) in [4.78, 5) is 3.34. The van der Waals surface area contributed by atoms with Crippen molar-refractivity contribution in [1.29, 1.82) is 5.26 Å². The molecule has 0 aliphatic carbocycles. The average Bonchev–Trinajstić information content (AvgIpc) is 2.17. The molecule has 0 saturated carbocycles. The maximum absolute atomic E-state index is 12.1. The highest BCUT2D eigenvalue weighted by molar-refractivity contribution is 8.13. The molecule has 0 fully saturated rings. The Morgan fingerprint density at radius 1 is 1.50 bits per heavy atom. The number of halogens is 4. The van der Waals surface area contributed by atoms with E-state index in [9.17, 15) is 21.6 Å². The lowest BCUT2D eigenvalue weighted by Gasteiger charge is -2.12. The Bertz CT molecular complexity index is 622. The molecule has 0 amide bonds. The number of nitriles is 1. The van der Waals surface area contributed by atoms with Crippen LogP contribution in [0.2, 0.25) is 0 Å². The Balaban J connectivity index is 3.45. The third kappa shape index (κ3) is 3.48. The summed E-state index contributed by atoms with van der Waals surface area (Å²) in [5, 5.41) is 7.95. The fourth-order valence-corrected chi connectivity index (χ4v) is 1.83. The molecule has 10 heteroatoms. The molecule has 0 bridgehead atoms. The molecule has 0 unspecified atom stereocenters. The van der Waals surface area contributed by atoms with E-state index in [2.05, 4.69) is 9.72 Å². The molecule has 1 aromatic heterocycles. The molecule has 0 aliphatic rings. The second kappa shape index (κ2) is 4.62. The summed E-state index contributed by atoms with van der Waals surface area (Å²) >= 11 is 0. The van der Waals surface area contributed by atoms with Gasteiger partial charge in [0.1, 0.15) is 6.07 Å². The van der Waals surface area contributed by atoms with Gasteiger partial charge in [-0.25, -0.2) is 13.4 Å². The summed E-state index contributed by atoms with van der Waals surface area (Å²) in [6, 6.07) is 1.99. The van der Waals surface area contributed by atoms with Crippen molar-refractivity contribution >= 4 is 19.7 Å². The van der Waals surface area contributed by atoms with Crippen molar-refractivity contribution in [3.63, 3.8) is 0 Å². The number of pyridine rings is 1. The predicted octanol–water partition coefficient (Wildman–Crippen LogP) is 2.09. The number of ether oxygens (including phenoxy) is 1. The first-order valence-corrected chi connectivity index (χ1v) is 6.47. The molecule has 1 rings (SSSR count). The van der Waals surface area contributed by atoms with Crippen LogP contribution in [0.25, 0.3) is 0 Å². The van der Waals surface area contributed by atoms with Gasteiger partial charge in [0.2, 0.25) is 0 Å². The van der Waals surface area contributed by atoms with Gasteiger partial charge in [0.25, 0.3) is 9.05 Å². The summed E-state index contributed by atoms with van der Waals surface area (Å²) in [6.45, 7) is 1.06. The lowest BCUT2D eigenvalue weighted by atomic mass is 10.2. The fourth-order valence-electron chi connectivity index (χ4n) is 1.08. The Kier molecular flexibility index (Phi) is 3.73.